The van der Waals surface area contributed by atoms with Crippen molar-refractivity contribution in [1.29, 1.82) is 0 Å². The van der Waals surface area contributed by atoms with Crippen LogP contribution in [0, 0.1) is 23.7 Å². The standard InChI is InChI=1S/C27H35F2N3O4S/c28-26(29)36-27-11-15-9-17(12-27)22(18(10-15)13-27)31-23(33)20-5-6-21(32-8-7-16(14-32)25(34)35)30-24(20)37-19-3-1-2-4-19/h5-6,15-19,22,26H,1-4,7-14H2,(H,31,33)(H,34,35)/t15?,16?,17?,18?,22-,27-. The largest absolute Gasteiger partial charge is 0.481 e. The van der Waals surface area contributed by atoms with Crippen LogP contribution in [0.15, 0.2) is 17.2 Å². The number of hydrogen-bond donors (Lipinski definition) is 2. The zero-order valence-electron chi connectivity index (χ0n) is 20.9. The molecule has 2 heterocycles. The summed E-state index contributed by atoms with van der Waals surface area (Å²) in [5.41, 5.74) is -0.177. The van der Waals surface area contributed by atoms with Crippen LogP contribution in [0.4, 0.5) is 14.6 Å². The second-order valence-corrected chi connectivity index (χ2v) is 13.1. The van der Waals surface area contributed by atoms with Crippen molar-refractivity contribution >= 4 is 29.5 Å². The molecule has 3 atom stereocenters. The molecule has 1 aromatic heterocycles. The molecule has 0 radical (unpaired) electrons. The lowest BCUT2D eigenvalue weighted by Crippen LogP contribution is -2.62. The van der Waals surface area contributed by atoms with Crippen molar-refractivity contribution in [2.75, 3.05) is 18.0 Å². The SMILES string of the molecule is O=C(N[C@H]1C2CC3CC1C[C@](OC(F)F)(C3)C2)c1ccc(N2CCC(C(=O)O)C2)nc1SC1CCCC1. The Kier molecular flexibility index (Phi) is 6.84. The number of hydrogen-bond acceptors (Lipinski definition) is 6. The van der Waals surface area contributed by atoms with Gasteiger partial charge in [0, 0.05) is 24.4 Å². The molecule has 0 aromatic carbocycles. The van der Waals surface area contributed by atoms with Gasteiger partial charge in [-0.05, 0) is 81.3 Å². The Morgan fingerprint density at radius 3 is 2.51 bits per heavy atom. The Morgan fingerprint density at radius 2 is 1.86 bits per heavy atom. The minimum Gasteiger partial charge on any atom is -0.481 e. The van der Waals surface area contributed by atoms with E-state index in [9.17, 15) is 23.5 Å². The average Bonchev–Trinajstić information content (AvgIpc) is 3.52. The second-order valence-electron chi connectivity index (χ2n) is 11.8. The van der Waals surface area contributed by atoms with Gasteiger partial charge in [-0.1, -0.05) is 12.8 Å². The topological polar surface area (TPSA) is 91.8 Å². The van der Waals surface area contributed by atoms with E-state index in [2.05, 4.69) is 5.32 Å². The fourth-order valence-electron chi connectivity index (χ4n) is 7.95. The zero-order chi connectivity index (χ0) is 25.7. The van der Waals surface area contributed by atoms with Gasteiger partial charge in [0.2, 0.25) is 0 Å². The Morgan fingerprint density at radius 1 is 1.14 bits per heavy atom. The minimum absolute atomic E-state index is 0.0302. The molecule has 6 aliphatic rings. The number of nitrogens with zero attached hydrogens (tertiary/aromatic N) is 2. The number of rotatable bonds is 8. The summed E-state index contributed by atoms with van der Waals surface area (Å²) in [6.45, 7) is -1.69. The van der Waals surface area contributed by atoms with Gasteiger partial charge in [-0.25, -0.2) is 4.98 Å². The normalized spacial score (nSPS) is 35.0. The first kappa shape index (κ1) is 25.3. The number of carboxylic acids is 1. The Labute approximate surface area is 220 Å². The summed E-state index contributed by atoms with van der Waals surface area (Å²) in [6, 6.07) is 3.64. The van der Waals surface area contributed by atoms with Crippen molar-refractivity contribution in [2.24, 2.45) is 23.7 Å². The van der Waals surface area contributed by atoms with Gasteiger partial charge >= 0.3 is 12.6 Å². The van der Waals surface area contributed by atoms with Crippen LogP contribution < -0.4 is 10.2 Å². The quantitative estimate of drug-likeness (QED) is 0.487. The van der Waals surface area contributed by atoms with Gasteiger partial charge in [-0.3, -0.25) is 9.59 Å². The number of pyridine rings is 1. The number of thioether (sulfide) groups is 1. The van der Waals surface area contributed by atoms with E-state index in [-0.39, 0.29) is 23.8 Å². The summed E-state index contributed by atoms with van der Waals surface area (Å²) in [4.78, 5) is 32.0. The first-order valence-corrected chi connectivity index (χ1v) is 14.6. The van der Waals surface area contributed by atoms with E-state index < -0.39 is 24.1 Å². The summed E-state index contributed by atoms with van der Waals surface area (Å²) in [5, 5.41) is 13.8. The molecule has 0 spiro atoms. The van der Waals surface area contributed by atoms with Crippen LogP contribution in [0.25, 0.3) is 0 Å². The van der Waals surface area contributed by atoms with Crippen molar-refractivity contribution in [2.45, 2.75) is 92.7 Å². The maximum absolute atomic E-state index is 13.7. The highest BCUT2D eigenvalue weighted by Crippen LogP contribution is 2.57. The van der Waals surface area contributed by atoms with Crippen LogP contribution in [0.5, 0.6) is 0 Å². The summed E-state index contributed by atoms with van der Waals surface area (Å²) in [5.74, 6) is 0.107. The van der Waals surface area contributed by atoms with Crippen molar-refractivity contribution in [1.82, 2.24) is 10.3 Å². The van der Waals surface area contributed by atoms with Gasteiger partial charge < -0.3 is 20.1 Å². The van der Waals surface area contributed by atoms with Crippen molar-refractivity contribution in [3.05, 3.63) is 17.7 Å². The Balaban J connectivity index is 1.21. The van der Waals surface area contributed by atoms with Crippen molar-refractivity contribution in [3.63, 3.8) is 0 Å². The molecule has 1 amide bonds. The van der Waals surface area contributed by atoms with Crippen LogP contribution in [0.1, 0.15) is 74.6 Å². The highest BCUT2D eigenvalue weighted by atomic mass is 32.2. The van der Waals surface area contributed by atoms with Gasteiger partial charge in [0.05, 0.1) is 17.1 Å². The zero-order valence-corrected chi connectivity index (χ0v) is 21.7. The van der Waals surface area contributed by atoms with Crippen LogP contribution in [-0.2, 0) is 9.53 Å². The van der Waals surface area contributed by atoms with E-state index in [0.717, 1.165) is 31.5 Å². The minimum atomic E-state index is -2.76. The molecular weight excluding hydrogens is 500 g/mol. The van der Waals surface area contributed by atoms with Crippen molar-refractivity contribution in [3.8, 4) is 0 Å². The molecule has 2 N–H and O–H groups in total. The van der Waals surface area contributed by atoms with E-state index in [1.54, 1.807) is 11.8 Å². The molecule has 1 aromatic rings. The molecule has 1 saturated heterocycles. The number of ether oxygens (including phenoxy) is 1. The lowest BCUT2D eigenvalue weighted by Gasteiger charge is -2.59. The first-order chi connectivity index (χ1) is 17.8. The van der Waals surface area contributed by atoms with Gasteiger partial charge in [-0.2, -0.15) is 8.78 Å². The third-order valence-corrected chi connectivity index (χ3v) is 10.7. The summed E-state index contributed by atoms with van der Waals surface area (Å²) >= 11 is 1.66. The molecule has 7 rings (SSSR count). The first-order valence-electron chi connectivity index (χ1n) is 13.7. The monoisotopic (exact) mass is 535 g/mol. The smallest absolute Gasteiger partial charge is 0.345 e. The fourth-order valence-corrected chi connectivity index (χ4v) is 9.27. The molecule has 1 aliphatic heterocycles. The second kappa shape index (κ2) is 9.98. The predicted molar refractivity (Wildman–Crippen MR) is 135 cm³/mol. The maximum atomic E-state index is 13.7. The lowest BCUT2D eigenvalue weighted by molar-refractivity contribution is -0.260. The molecule has 4 bridgehead atoms. The number of aromatic nitrogens is 1. The van der Waals surface area contributed by atoms with E-state index in [1.807, 2.05) is 17.0 Å². The van der Waals surface area contributed by atoms with Crippen LogP contribution >= 0.6 is 11.8 Å². The van der Waals surface area contributed by atoms with E-state index >= 15 is 0 Å². The number of carbonyl (C=O) groups excluding carboxylic acids is 1. The van der Waals surface area contributed by atoms with Crippen LogP contribution in [0.3, 0.4) is 0 Å². The van der Waals surface area contributed by atoms with Crippen molar-refractivity contribution < 1.29 is 28.2 Å². The highest BCUT2D eigenvalue weighted by molar-refractivity contribution is 7.99. The van der Waals surface area contributed by atoms with Gasteiger partial charge in [0.15, 0.2) is 0 Å². The number of alkyl halides is 2. The molecule has 5 aliphatic carbocycles. The molecular formula is C27H35F2N3O4S. The van der Waals surface area contributed by atoms with Gasteiger partial charge in [0.25, 0.3) is 5.91 Å². The van der Waals surface area contributed by atoms with Crippen LogP contribution in [-0.4, -0.2) is 58.6 Å². The number of amides is 1. The van der Waals surface area contributed by atoms with E-state index in [1.165, 1.54) is 12.8 Å². The number of carbonyl (C=O) groups is 2. The Bertz CT molecular complexity index is 1030. The number of aliphatic carboxylic acids is 1. The molecule has 202 valence electrons. The number of nitrogens with one attached hydrogen (secondary N) is 1. The summed E-state index contributed by atoms with van der Waals surface area (Å²) in [7, 11) is 0. The summed E-state index contributed by atoms with van der Waals surface area (Å²) < 4.78 is 31.5. The predicted octanol–water partition coefficient (Wildman–Crippen LogP) is 4.94. The molecule has 37 heavy (non-hydrogen) atoms. The molecule has 10 heteroatoms. The lowest BCUT2D eigenvalue weighted by atomic mass is 9.52. The molecule has 6 fully saturated rings. The number of halogens is 2. The van der Waals surface area contributed by atoms with Gasteiger partial charge in [-0.15, -0.1) is 11.8 Å². The summed E-state index contributed by atoms with van der Waals surface area (Å²) in [6.07, 6.45) is 8.93. The Hall–Kier alpha value is -1.94. The average molecular weight is 536 g/mol. The number of anilines is 1. The fraction of sp³-hybridized carbons (Fsp3) is 0.741. The number of carboxylic acid groups (broad SMARTS) is 1. The van der Waals surface area contributed by atoms with E-state index in [0.29, 0.717) is 60.5 Å². The third-order valence-electron chi connectivity index (χ3n) is 9.39. The highest BCUT2D eigenvalue weighted by Gasteiger charge is 2.57. The molecule has 5 saturated carbocycles. The third kappa shape index (κ3) is 5.07. The molecule has 3 unspecified atom stereocenters. The van der Waals surface area contributed by atoms with E-state index in [4.69, 9.17) is 9.72 Å². The molecule has 7 nitrogen and oxygen atoms in total. The maximum Gasteiger partial charge on any atom is 0.345 e. The van der Waals surface area contributed by atoms with Crippen LogP contribution in [0.2, 0.25) is 0 Å². The van der Waals surface area contributed by atoms with Gasteiger partial charge in [0.1, 0.15) is 10.8 Å².